The summed E-state index contributed by atoms with van der Waals surface area (Å²) in [6.07, 6.45) is 0.727. The largest absolute Gasteiger partial charge is 0.388 e. The van der Waals surface area contributed by atoms with Crippen molar-refractivity contribution in [3.8, 4) is 0 Å². The second kappa shape index (κ2) is 5.21. The van der Waals surface area contributed by atoms with Crippen LogP contribution in [0.4, 0.5) is 8.78 Å². The molecule has 0 aliphatic heterocycles. The summed E-state index contributed by atoms with van der Waals surface area (Å²) in [5.74, 6) is -1.30. The predicted molar refractivity (Wildman–Crippen MR) is 55.4 cm³/mol. The third kappa shape index (κ3) is 3.59. The highest BCUT2D eigenvalue weighted by atomic mass is 19.2. The van der Waals surface area contributed by atoms with Crippen LogP contribution in [-0.2, 0) is 0 Å². The van der Waals surface area contributed by atoms with E-state index in [9.17, 15) is 13.9 Å². The fourth-order valence-electron chi connectivity index (χ4n) is 1.38. The van der Waals surface area contributed by atoms with Crippen molar-refractivity contribution in [2.45, 2.75) is 32.8 Å². The van der Waals surface area contributed by atoms with Gasteiger partial charge in [-0.2, -0.15) is 0 Å². The Labute approximate surface area is 88.7 Å². The van der Waals surface area contributed by atoms with Crippen LogP contribution in [0.3, 0.4) is 0 Å². The van der Waals surface area contributed by atoms with Crippen molar-refractivity contribution in [1.29, 1.82) is 0 Å². The minimum absolute atomic E-state index is 0.439. The highest BCUT2D eigenvalue weighted by molar-refractivity contribution is 5.19. The molecule has 0 spiro atoms. The Bertz CT molecular complexity index is 323. The maximum atomic E-state index is 12.9. The van der Waals surface area contributed by atoms with Gasteiger partial charge in [-0.05, 0) is 36.5 Å². The molecule has 1 unspecified atom stereocenters. The monoisotopic (exact) mass is 214 g/mol. The van der Waals surface area contributed by atoms with Crippen LogP contribution in [0.2, 0.25) is 0 Å². The van der Waals surface area contributed by atoms with E-state index in [1.165, 1.54) is 6.07 Å². The zero-order valence-corrected chi connectivity index (χ0v) is 9.00. The number of aliphatic hydroxyl groups is 1. The van der Waals surface area contributed by atoms with Gasteiger partial charge in [-0.3, -0.25) is 0 Å². The van der Waals surface area contributed by atoms with Gasteiger partial charge in [0.15, 0.2) is 11.6 Å². The van der Waals surface area contributed by atoms with E-state index in [0.29, 0.717) is 17.9 Å². The Balaban J connectivity index is 2.65. The van der Waals surface area contributed by atoms with Gasteiger partial charge in [-0.15, -0.1) is 0 Å². The Morgan fingerprint density at radius 2 is 1.80 bits per heavy atom. The molecule has 1 aromatic carbocycles. The maximum absolute atomic E-state index is 12.9. The van der Waals surface area contributed by atoms with Gasteiger partial charge in [0.05, 0.1) is 6.10 Å². The minimum Gasteiger partial charge on any atom is -0.388 e. The van der Waals surface area contributed by atoms with E-state index < -0.39 is 17.7 Å². The van der Waals surface area contributed by atoms with Crippen molar-refractivity contribution in [2.24, 2.45) is 5.92 Å². The van der Waals surface area contributed by atoms with Crippen molar-refractivity contribution in [3.05, 3.63) is 35.4 Å². The Kier molecular flexibility index (Phi) is 4.21. The predicted octanol–water partition coefficient (Wildman–Crippen LogP) is 3.43. The number of halogens is 2. The first kappa shape index (κ1) is 12.1. The summed E-state index contributed by atoms with van der Waals surface area (Å²) in [6, 6.07) is 3.52. The summed E-state index contributed by atoms with van der Waals surface area (Å²) in [7, 11) is 0. The fraction of sp³-hybridized carbons (Fsp3) is 0.500. The number of aliphatic hydroxyl groups excluding tert-OH is 1. The molecule has 0 saturated heterocycles. The molecule has 1 nitrogen and oxygen atoms in total. The Hall–Kier alpha value is -0.960. The molecular weight excluding hydrogens is 198 g/mol. The smallest absolute Gasteiger partial charge is 0.159 e. The van der Waals surface area contributed by atoms with Gasteiger partial charge in [0, 0.05) is 0 Å². The normalized spacial score (nSPS) is 13.2. The Morgan fingerprint density at radius 1 is 1.13 bits per heavy atom. The lowest BCUT2D eigenvalue weighted by Crippen LogP contribution is -2.01. The SMILES string of the molecule is CC(C)CCC(O)c1ccc(F)c(F)c1. The molecule has 1 N–H and O–H groups in total. The minimum atomic E-state index is -0.906. The average molecular weight is 214 g/mol. The van der Waals surface area contributed by atoms with Crippen LogP contribution in [-0.4, -0.2) is 5.11 Å². The molecule has 1 rings (SSSR count). The molecular formula is C12H16F2O. The van der Waals surface area contributed by atoms with E-state index in [2.05, 4.69) is 13.8 Å². The van der Waals surface area contributed by atoms with E-state index in [4.69, 9.17) is 0 Å². The average Bonchev–Trinajstić information content (AvgIpc) is 2.18. The van der Waals surface area contributed by atoms with Gasteiger partial charge in [0.2, 0.25) is 0 Å². The molecule has 0 bridgehead atoms. The van der Waals surface area contributed by atoms with Gasteiger partial charge >= 0.3 is 0 Å². The quantitative estimate of drug-likeness (QED) is 0.814. The molecule has 84 valence electrons. The molecule has 0 heterocycles. The molecule has 1 atom stereocenters. The topological polar surface area (TPSA) is 20.2 Å². The van der Waals surface area contributed by atoms with Crippen LogP contribution in [0.1, 0.15) is 38.4 Å². The van der Waals surface area contributed by atoms with E-state index >= 15 is 0 Å². The van der Waals surface area contributed by atoms with Crippen molar-refractivity contribution in [3.63, 3.8) is 0 Å². The third-order valence-corrected chi connectivity index (χ3v) is 2.35. The summed E-state index contributed by atoms with van der Waals surface area (Å²) in [5, 5.41) is 9.70. The molecule has 0 saturated carbocycles. The van der Waals surface area contributed by atoms with Gasteiger partial charge in [-0.25, -0.2) is 8.78 Å². The first-order chi connectivity index (χ1) is 7.00. The van der Waals surface area contributed by atoms with Gasteiger partial charge < -0.3 is 5.11 Å². The van der Waals surface area contributed by atoms with E-state index in [-0.39, 0.29) is 0 Å². The van der Waals surface area contributed by atoms with Crippen LogP contribution < -0.4 is 0 Å². The second-order valence-corrected chi connectivity index (χ2v) is 4.16. The van der Waals surface area contributed by atoms with E-state index in [1.807, 2.05) is 0 Å². The highest BCUT2D eigenvalue weighted by Crippen LogP contribution is 2.22. The molecule has 1 aromatic rings. The zero-order chi connectivity index (χ0) is 11.4. The summed E-state index contributed by atoms with van der Waals surface area (Å²) in [5.41, 5.74) is 0.439. The van der Waals surface area contributed by atoms with Gasteiger partial charge in [0.25, 0.3) is 0 Å². The molecule has 0 aliphatic rings. The lowest BCUT2D eigenvalue weighted by atomic mass is 10.00. The molecule has 15 heavy (non-hydrogen) atoms. The van der Waals surface area contributed by atoms with E-state index in [1.54, 1.807) is 0 Å². The van der Waals surface area contributed by atoms with Crippen LogP contribution >= 0.6 is 0 Å². The molecule has 0 amide bonds. The summed E-state index contributed by atoms with van der Waals surface area (Å²) in [6.45, 7) is 4.11. The molecule has 0 fully saturated rings. The zero-order valence-electron chi connectivity index (χ0n) is 9.00. The van der Waals surface area contributed by atoms with E-state index in [0.717, 1.165) is 18.6 Å². The van der Waals surface area contributed by atoms with Crippen molar-refractivity contribution in [1.82, 2.24) is 0 Å². The number of hydrogen-bond donors (Lipinski definition) is 1. The number of hydrogen-bond acceptors (Lipinski definition) is 1. The van der Waals surface area contributed by atoms with Gasteiger partial charge in [0.1, 0.15) is 0 Å². The summed E-state index contributed by atoms with van der Waals surface area (Å²) in [4.78, 5) is 0. The van der Waals surface area contributed by atoms with Gasteiger partial charge in [-0.1, -0.05) is 19.9 Å². The molecule has 0 radical (unpaired) electrons. The summed E-state index contributed by atoms with van der Waals surface area (Å²) >= 11 is 0. The standard InChI is InChI=1S/C12H16F2O/c1-8(2)3-6-12(15)9-4-5-10(13)11(14)7-9/h4-5,7-8,12,15H,3,6H2,1-2H3. The third-order valence-electron chi connectivity index (χ3n) is 2.35. The van der Waals surface area contributed by atoms with Crippen molar-refractivity contribution in [2.75, 3.05) is 0 Å². The molecule has 0 aromatic heterocycles. The second-order valence-electron chi connectivity index (χ2n) is 4.16. The fourth-order valence-corrected chi connectivity index (χ4v) is 1.38. The van der Waals surface area contributed by atoms with Crippen LogP contribution in [0.15, 0.2) is 18.2 Å². The highest BCUT2D eigenvalue weighted by Gasteiger charge is 2.11. The van der Waals surface area contributed by atoms with Crippen LogP contribution in [0.25, 0.3) is 0 Å². The maximum Gasteiger partial charge on any atom is 0.159 e. The lowest BCUT2D eigenvalue weighted by Gasteiger charge is -2.12. The Morgan fingerprint density at radius 3 is 2.33 bits per heavy atom. The van der Waals surface area contributed by atoms with Crippen molar-refractivity contribution < 1.29 is 13.9 Å². The van der Waals surface area contributed by atoms with Crippen molar-refractivity contribution >= 4 is 0 Å². The molecule has 0 aliphatic carbocycles. The number of rotatable bonds is 4. The van der Waals surface area contributed by atoms with Crippen LogP contribution in [0, 0.1) is 17.6 Å². The molecule has 3 heteroatoms. The first-order valence-electron chi connectivity index (χ1n) is 5.13. The summed E-state index contributed by atoms with van der Waals surface area (Å²) < 4.78 is 25.5. The van der Waals surface area contributed by atoms with Crippen LogP contribution in [0.5, 0.6) is 0 Å². The number of benzene rings is 1. The first-order valence-corrected chi connectivity index (χ1v) is 5.13. The lowest BCUT2D eigenvalue weighted by molar-refractivity contribution is 0.158.